The second kappa shape index (κ2) is 5.84. The Morgan fingerprint density at radius 1 is 1.39 bits per heavy atom. The van der Waals surface area contributed by atoms with Gasteiger partial charge in [-0.25, -0.2) is 0 Å². The highest BCUT2D eigenvalue weighted by atomic mass is 16.6. The first-order chi connectivity index (χ1) is 12.2. The van der Waals surface area contributed by atoms with Gasteiger partial charge in [-0.1, -0.05) is 0 Å². The van der Waals surface area contributed by atoms with E-state index >= 15 is 0 Å². The van der Waals surface area contributed by atoms with Crippen molar-refractivity contribution in [2.45, 2.75) is 6.92 Å². The highest BCUT2D eigenvalue weighted by Crippen LogP contribution is 2.28. The number of aryl methyl sites for hydroxylation is 2. The third kappa shape index (κ3) is 3.15. The molecule has 3 heterocycles. The zero-order chi connectivity index (χ0) is 18.9. The number of nitro groups is 1. The van der Waals surface area contributed by atoms with Crippen molar-refractivity contribution in [1.29, 1.82) is 0 Å². The van der Waals surface area contributed by atoms with Gasteiger partial charge in [0.1, 0.15) is 5.75 Å². The lowest BCUT2D eigenvalue weighted by atomic mass is 10.2. The quantitative estimate of drug-likeness (QED) is 0.542. The Kier molecular flexibility index (Phi) is 2.87. The predicted octanol–water partition coefficient (Wildman–Crippen LogP) is 2.89. The van der Waals surface area contributed by atoms with E-state index in [-0.39, 0.29) is 5.82 Å². The molecule has 0 radical (unpaired) electrons. The minimum absolute atomic E-state index is 0.262. The van der Waals surface area contributed by atoms with Crippen LogP contribution >= 0.6 is 0 Å². The van der Waals surface area contributed by atoms with E-state index in [1.807, 2.05) is 0 Å². The third-order valence-electron chi connectivity index (χ3n) is 3.05. The average Bonchev–Trinajstić information content (AvgIpc) is 3.07. The standard InChI is InChI=1S/C15H13N5O3/c1-10-14(3-4-15(18-10)20(21)22)23-12-5-6-16-13(7-12)11-8-17-19(2)9-11/h3-9H,1-2H3/i2D3. The number of pyridine rings is 2. The fraction of sp³-hybridized carbons (Fsp3) is 0.133. The average molecular weight is 314 g/mol. The molecule has 0 saturated heterocycles. The minimum atomic E-state index is -2.37. The van der Waals surface area contributed by atoms with Gasteiger partial charge >= 0.3 is 5.82 Å². The predicted molar refractivity (Wildman–Crippen MR) is 82.1 cm³/mol. The van der Waals surface area contributed by atoms with Crippen LogP contribution in [0, 0.1) is 17.0 Å². The normalized spacial score (nSPS) is 13.0. The molecule has 3 aromatic rings. The maximum Gasteiger partial charge on any atom is 0.363 e. The first kappa shape index (κ1) is 11.3. The summed E-state index contributed by atoms with van der Waals surface area (Å²) >= 11 is 0. The van der Waals surface area contributed by atoms with Gasteiger partial charge in [0.15, 0.2) is 11.4 Å². The van der Waals surface area contributed by atoms with Crippen molar-refractivity contribution < 1.29 is 13.8 Å². The van der Waals surface area contributed by atoms with E-state index in [1.165, 1.54) is 30.7 Å². The number of nitrogens with zero attached hydrogens (tertiary/aromatic N) is 5. The van der Waals surface area contributed by atoms with Crippen LogP contribution in [0.5, 0.6) is 11.5 Å². The lowest BCUT2D eigenvalue weighted by Gasteiger charge is -2.07. The van der Waals surface area contributed by atoms with E-state index in [4.69, 9.17) is 8.85 Å². The summed E-state index contributed by atoms with van der Waals surface area (Å²) in [5, 5.41) is 14.6. The highest BCUT2D eigenvalue weighted by molar-refractivity contribution is 5.58. The summed E-state index contributed by atoms with van der Waals surface area (Å²) in [7, 11) is 0. The number of hydrogen-bond acceptors (Lipinski definition) is 6. The highest BCUT2D eigenvalue weighted by Gasteiger charge is 2.14. The Bertz CT molecular complexity index is 971. The topological polar surface area (TPSA) is 96.0 Å². The molecule has 116 valence electrons. The molecule has 0 aliphatic heterocycles. The van der Waals surface area contributed by atoms with Crippen molar-refractivity contribution >= 4 is 5.82 Å². The number of rotatable bonds is 4. The van der Waals surface area contributed by atoms with Crippen molar-refractivity contribution in [1.82, 2.24) is 19.7 Å². The maximum absolute atomic E-state index is 10.7. The second-order valence-corrected chi connectivity index (χ2v) is 4.66. The van der Waals surface area contributed by atoms with E-state index in [0.717, 1.165) is 4.68 Å². The van der Waals surface area contributed by atoms with Crippen LogP contribution in [-0.4, -0.2) is 24.7 Å². The van der Waals surface area contributed by atoms with Gasteiger partial charge < -0.3 is 14.9 Å². The molecule has 3 aromatic heterocycles. The molecule has 0 fully saturated rings. The number of ether oxygens (including phenoxy) is 1. The minimum Gasteiger partial charge on any atom is -0.453 e. The molecule has 0 amide bonds. The second-order valence-electron chi connectivity index (χ2n) is 4.66. The molecule has 0 bridgehead atoms. The molecule has 3 rings (SSSR count). The zero-order valence-corrected chi connectivity index (χ0v) is 12.0. The van der Waals surface area contributed by atoms with Crippen LogP contribution in [-0.2, 0) is 6.98 Å². The van der Waals surface area contributed by atoms with Crippen LogP contribution in [0.4, 0.5) is 5.82 Å². The first-order valence-corrected chi connectivity index (χ1v) is 6.55. The van der Waals surface area contributed by atoms with Gasteiger partial charge in [-0.2, -0.15) is 5.10 Å². The zero-order valence-electron chi connectivity index (χ0n) is 15.0. The third-order valence-corrected chi connectivity index (χ3v) is 3.05. The molecule has 0 aromatic carbocycles. The van der Waals surface area contributed by atoms with Gasteiger partial charge in [-0.3, -0.25) is 9.67 Å². The first-order valence-electron chi connectivity index (χ1n) is 8.05. The van der Waals surface area contributed by atoms with E-state index in [9.17, 15) is 10.1 Å². The van der Waals surface area contributed by atoms with E-state index in [0.29, 0.717) is 28.5 Å². The Morgan fingerprint density at radius 2 is 2.26 bits per heavy atom. The van der Waals surface area contributed by atoms with Gasteiger partial charge in [0.2, 0.25) is 0 Å². The van der Waals surface area contributed by atoms with Crippen molar-refractivity contribution in [3.63, 3.8) is 0 Å². The van der Waals surface area contributed by atoms with Crippen molar-refractivity contribution in [3.05, 3.63) is 58.7 Å². The molecule has 0 aliphatic rings. The molecule has 0 atom stereocenters. The summed E-state index contributed by atoms with van der Waals surface area (Å²) in [6, 6.07) is 5.94. The fourth-order valence-electron chi connectivity index (χ4n) is 1.96. The number of hydrogen-bond donors (Lipinski definition) is 0. The fourth-order valence-corrected chi connectivity index (χ4v) is 1.96. The Labute approximate surface area is 135 Å². The molecule has 0 spiro atoms. The smallest absolute Gasteiger partial charge is 0.363 e. The molecule has 0 aliphatic carbocycles. The molecule has 8 nitrogen and oxygen atoms in total. The molecule has 8 heteroatoms. The molecular weight excluding hydrogens is 298 g/mol. The van der Waals surface area contributed by atoms with Crippen LogP contribution in [0.15, 0.2) is 42.9 Å². The van der Waals surface area contributed by atoms with Crippen molar-refractivity contribution in [3.8, 4) is 22.8 Å². The maximum atomic E-state index is 10.7. The van der Waals surface area contributed by atoms with Gasteiger partial charge in [-0.05, 0) is 22.0 Å². The summed E-state index contributed by atoms with van der Waals surface area (Å²) in [4.78, 5) is 18.2. The van der Waals surface area contributed by atoms with E-state index < -0.39 is 11.9 Å². The summed E-state index contributed by atoms with van der Waals surface area (Å²) < 4.78 is 28.6. The van der Waals surface area contributed by atoms with Crippen molar-refractivity contribution in [2.75, 3.05) is 0 Å². The lowest BCUT2D eigenvalue weighted by molar-refractivity contribution is -0.389. The molecule has 23 heavy (non-hydrogen) atoms. The van der Waals surface area contributed by atoms with Crippen LogP contribution in [0.1, 0.15) is 9.81 Å². The lowest BCUT2D eigenvalue weighted by Crippen LogP contribution is -1.96. The summed E-state index contributed by atoms with van der Waals surface area (Å²) in [6.07, 6.45) is 4.28. The van der Waals surface area contributed by atoms with Crippen molar-refractivity contribution in [2.24, 2.45) is 6.98 Å². The van der Waals surface area contributed by atoms with Gasteiger partial charge in [0, 0.05) is 48.1 Å². The van der Waals surface area contributed by atoms with E-state index in [2.05, 4.69) is 15.1 Å². The largest absolute Gasteiger partial charge is 0.453 e. The molecule has 0 N–H and O–H groups in total. The van der Waals surface area contributed by atoms with E-state index in [1.54, 1.807) is 19.1 Å². The van der Waals surface area contributed by atoms with Gasteiger partial charge in [0.05, 0.1) is 11.9 Å². The van der Waals surface area contributed by atoms with Gasteiger partial charge in [-0.15, -0.1) is 0 Å². The monoisotopic (exact) mass is 314 g/mol. The van der Waals surface area contributed by atoms with Crippen LogP contribution in [0.25, 0.3) is 11.3 Å². The summed E-state index contributed by atoms with van der Waals surface area (Å²) in [5.41, 5.74) is 1.36. The molecule has 0 saturated carbocycles. The Hall–Kier alpha value is -3.29. The van der Waals surface area contributed by atoms with Gasteiger partial charge in [0.25, 0.3) is 0 Å². The molecular formula is C15H13N5O3. The Morgan fingerprint density at radius 3 is 2.96 bits per heavy atom. The molecule has 0 unspecified atom stereocenters. The van der Waals surface area contributed by atoms with Crippen LogP contribution < -0.4 is 4.74 Å². The summed E-state index contributed by atoms with van der Waals surface area (Å²) in [6.45, 7) is -0.765. The van der Waals surface area contributed by atoms with Crippen LogP contribution in [0.3, 0.4) is 0 Å². The Balaban J connectivity index is 1.86. The number of aromatic nitrogens is 4. The summed E-state index contributed by atoms with van der Waals surface area (Å²) in [5.74, 6) is 0.531. The SMILES string of the molecule is [2H]C([2H])([2H])n1cc(-c2cc(Oc3ccc([N+](=O)[O-])nc3C)ccn2)cn1. The van der Waals surface area contributed by atoms with Crippen LogP contribution in [0.2, 0.25) is 0 Å².